The highest BCUT2D eigenvalue weighted by atomic mass is 19.4. The average Bonchev–Trinajstić information content (AvgIpc) is 3.28. The molecule has 0 fully saturated rings. The first-order chi connectivity index (χ1) is 16.6. The molecule has 0 aliphatic carbocycles. The summed E-state index contributed by atoms with van der Waals surface area (Å²) in [5.41, 5.74) is 5.83. The van der Waals surface area contributed by atoms with Crippen molar-refractivity contribution in [3.8, 4) is 16.8 Å². The van der Waals surface area contributed by atoms with Crippen molar-refractivity contribution in [2.75, 3.05) is 5.32 Å². The van der Waals surface area contributed by atoms with Gasteiger partial charge in [-0.1, -0.05) is 48.0 Å². The van der Waals surface area contributed by atoms with Crippen molar-refractivity contribution in [3.05, 3.63) is 96.6 Å². The zero-order valence-corrected chi connectivity index (χ0v) is 18.5. The number of hydrogen-bond acceptors (Lipinski definition) is 4. The Morgan fingerprint density at radius 1 is 1.00 bits per heavy atom. The van der Waals surface area contributed by atoms with Crippen LogP contribution >= 0.6 is 0 Å². The molecule has 10 heteroatoms. The van der Waals surface area contributed by atoms with Gasteiger partial charge in [-0.05, 0) is 36.2 Å². The molecule has 4 aromatic rings. The Kier molecular flexibility index (Phi) is 7.98. The minimum absolute atomic E-state index is 0.0609. The van der Waals surface area contributed by atoms with E-state index in [0.29, 0.717) is 12.1 Å². The first-order valence-corrected chi connectivity index (χ1v) is 10.3. The zero-order valence-electron chi connectivity index (χ0n) is 18.5. The number of aliphatic carboxylic acids is 1. The first kappa shape index (κ1) is 25.2. The number of carboxylic acids is 1. The molecule has 0 saturated carbocycles. The van der Waals surface area contributed by atoms with E-state index in [1.54, 1.807) is 17.1 Å². The second kappa shape index (κ2) is 11.1. The van der Waals surface area contributed by atoms with Gasteiger partial charge in [0.15, 0.2) is 0 Å². The van der Waals surface area contributed by atoms with E-state index in [-0.39, 0.29) is 5.91 Å². The molecule has 0 spiro atoms. The van der Waals surface area contributed by atoms with Crippen molar-refractivity contribution in [2.24, 2.45) is 0 Å². The fraction of sp³-hybridized carbons (Fsp3) is 0.120. The van der Waals surface area contributed by atoms with Gasteiger partial charge in [0.25, 0.3) is 0 Å². The van der Waals surface area contributed by atoms with Crippen LogP contribution in [0.15, 0.2) is 85.5 Å². The van der Waals surface area contributed by atoms with Crippen LogP contribution in [0.3, 0.4) is 0 Å². The van der Waals surface area contributed by atoms with Crippen molar-refractivity contribution in [3.63, 3.8) is 0 Å². The number of aryl methyl sites for hydroxylation is 1. The van der Waals surface area contributed by atoms with Gasteiger partial charge in [0, 0.05) is 18.0 Å². The maximum atomic E-state index is 12.3. The van der Waals surface area contributed by atoms with E-state index in [1.165, 1.54) is 0 Å². The molecular weight excluding hydrogens is 461 g/mol. The van der Waals surface area contributed by atoms with Crippen molar-refractivity contribution in [1.29, 1.82) is 0 Å². The number of carbonyl (C=O) groups excluding carboxylic acids is 1. The standard InChI is InChI=1S/C23H20N4O.C2HF3O2/c1-17-5-2-6-18(11-17)12-23(28)26-21-15-25-27(16-21)22-9-3-7-19(13-22)20-8-4-10-24-14-20;3-2(4,5)1(6)7/h2-11,13-16H,12H2,1H3,(H,26,28);(H,6,7). The summed E-state index contributed by atoms with van der Waals surface area (Å²) in [4.78, 5) is 25.4. The van der Waals surface area contributed by atoms with Gasteiger partial charge in [0.05, 0.1) is 30.2 Å². The topological polar surface area (TPSA) is 97.1 Å². The van der Waals surface area contributed by atoms with E-state index in [2.05, 4.69) is 15.4 Å². The lowest BCUT2D eigenvalue weighted by atomic mass is 10.1. The van der Waals surface area contributed by atoms with Crippen LogP contribution in [0, 0.1) is 6.92 Å². The quantitative estimate of drug-likeness (QED) is 0.415. The average molecular weight is 482 g/mol. The highest BCUT2D eigenvalue weighted by Crippen LogP contribution is 2.21. The Morgan fingerprint density at radius 3 is 2.37 bits per heavy atom. The number of carboxylic acid groups (broad SMARTS) is 1. The molecule has 7 nitrogen and oxygen atoms in total. The maximum Gasteiger partial charge on any atom is 0.490 e. The van der Waals surface area contributed by atoms with Crippen LogP contribution < -0.4 is 5.32 Å². The van der Waals surface area contributed by atoms with Crippen LogP contribution in [0.4, 0.5) is 18.9 Å². The summed E-state index contributed by atoms with van der Waals surface area (Å²) in [7, 11) is 0. The SMILES string of the molecule is Cc1cccc(CC(=O)Nc2cnn(-c3cccc(-c4cccnc4)c3)c2)c1.O=C(O)C(F)(F)F. The van der Waals surface area contributed by atoms with Gasteiger partial charge in [-0.25, -0.2) is 9.48 Å². The maximum absolute atomic E-state index is 12.3. The largest absolute Gasteiger partial charge is 0.490 e. The Labute approximate surface area is 198 Å². The van der Waals surface area contributed by atoms with Crippen molar-refractivity contribution in [2.45, 2.75) is 19.5 Å². The molecule has 180 valence electrons. The normalized spacial score (nSPS) is 10.7. The van der Waals surface area contributed by atoms with E-state index in [9.17, 15) is 18.0 Å². The van der Waals surface area contributed by atoms with Gasteiger partial charge < -0.3 is 10.4 Å². The van der Waals surface area contributed by atoms with E-state index in [1.807, 2.05) is 80.0 Å². The molecular formula is C25H21F3N4O3. The molecule has 1 amide bonds. The molecule has 0 aliphatic rings. The van der Waals surface area contributed by atoms with Crippen LogP contribution in [-0.2, 0) is 16.0 Å². The number of nitrogens with one attached hydrogen (secondary N) is 1. The fourth-order valence-electron chi connectivity index (χ4n) is 3.10. The summed E-state index contributed by atoms with van der Waals surface area (Å²) in [6, 6.07) is 19.9. The lowest BCUT2D eigenvalue weighted by Crippen LogP contribution is -2.21. The number of hydrogen-bond donors (Lipinski definition) is 2. The highest BCUT2D eigenvalue weighted by Gasteiger charge is 2.38. The first-order valence-electron chi connectivity index (χ1n) is 10.3. The van der Waals surface area contributed by atoms with Crippen molar-refractivity contribution < 1.29 is 27.9 Å². The number of amides is 1. The number of halogens is 3. The van der Waals surface area contributed by atoms with Crippen LogP contribution in [0.2, 0.25) is 0 Å². The van der Waals surface area contributed by atoms with Gasteiger partial charge in [0.1, 0.15) is 0 Å². The molecule has 0 saturated heterocycles. The number of carbonyl (C=O) groups is 2. The van der Waals surface area contributed by atoms with Crippen LogP contribution in [0.5, 0.6) is 0 Å². The summed E-state index contributed by atoms with van der Waals surface area (Å²) >= 11 is 0. The predicted molar refractivity (Wildman–Crippen MR) is 124 cm³/mol. The minimum Gasteiger partial charge on any atom is -0.475 e. The number of benzene rings is 2. The third-order valence-electron chi connectivity index (χ3n) is 4.66. The lowest BCUT2D eigenvalue weighted by molar-refractivity contribution is -0.192. The number of nitrogens with zero attached hydrogens (tertiary/aromatic N) is 3. The van der Waals surface area contributed by atoms with Gasteiger partial charge in [-0.2, -0.15) is 18.3 Å². The van der Waals surface area contributed by atoms with Gasteiger partial charge in [-0.3, -0.25) is 9.78 Å². The molecule has 2 aromatic heterocycles. The summed E-state index contributed by atoms with van der Waals surface area (Å²) in [5, 5.41) is 14.4. The molecule has 0 atom stereocenters. The monoisotopic (exact) mass is 482 g/mol. The third-order valence-corrected chi connectivity index (χ3v) is 4.66. The number of pyridine rings is 1. The van der Waals surface area contributed by atoms with E-state index >= 15 is 0 Å². The summed E-state index contributed by atoms with van der Waals surface area (Å²) < 4.78 is 33.5. The second-order valence-electron chi connectivity index (χ2n) is 7.48. The molecule has 0 bridgehead atoms. The van der Waals surface area contributed by atoms with Crippen LogP contribution in [0.1, 0.15) is 11.1 Å². The molecule has 35 heavy (non-hydrogen) atoms. The Morgan fingerprint density at radius 2 is 1.71 bits per heavy atom. The van der Waals surface area contributed by atoms with Crippen molar-refractivity contribution in [1.82, 2.24) is 14.8 Å². The fourth-order valence-corrected chi connectivity index (χ4v) is 3.10. The summed E-state index contributed by atoms with van der Waals surface area (Å²) in [6.07, 6.45) is 2.32. The number of rotatable bonds is 5. The van der Waals surface area contributed by atoms with Gasteiger partial charge in [0.2, 0.25) is 5.91 Å². The van der Waals surface area contributed by atoms with Gasteiger partial charge in [-0.15, -0.1) is 0 Å². The minimum atomic E-state index is -5.08. The Bertz CT molecular complexity index is 1300. The smallest absolute Gasteiger partial charge is 0.475 e. The third kappa shape index (κ3) is 7.53. The second-order valence-corrected chi connectivity index (χ2v) is 7.48. The summed E-state index contributed by atoms with van der Waals surface area (Å²) in [5.74, 6) is -2.82. The van der Waals surface area contributed by atoms with E-state index in [0.717, 1.165) is 27.9 Å². The van der Waals surface area contributed by atoms with E-state index < -0.39 is 12.1 Å². The number of aromatic nitrogens is 3. The molecule has 0 aliphatic heterocycles. The summed E-state index contributed by atoms with van der Waals surface area (Å²) in [6.45, 7) is 2.02. The van der Waals surface area contributed by atoms with Gasteiger partial charge >= 0.3 is 12.1 Å². The molecule has 4 rings (SSSR count). The number of anilines is 1. The van der Waals surface area contributed by atoms with Crippen LogP contribution in [0.25, 0.3) is 16.8 Å². The lowest BCUT2D eigenvalue weighted by Gasteiger charge is -2.06. The molecule has 2 aromatic carbocycles. The Balaban J connectivity index is 0.000000429. The number of alkyl halides is 3. The molecule has 0 radical (unpaired) electrons. The molecule has 0 unspecified atom stereocenters. The predicted octanol–water partition coefficient (Wildman–Crippen LogP) is 5.06. The van der Waals surface area contributed by atoms with E-state index in [4.69, 9.17) is 9.90 Å². The Hall–Kier alpha value is -4.47. The van der Waals surface area contributed by atoms with Crippen molar-refractivity contribution >= 4 is 17.6 Å². The zero-order chi connectivity index (χ0) is 25.4. The molecule has 2 N–H and O–H groups in total. The van der Waals surface area contributed by atoms with Crippen LogP contribution in [-0.4, -0.2) is 37.9 Å². The molecule has 2 heterocycles. The highest BCUT2D eigenvalue weighted by molar-refractivity contribution is 5.92.